The minimum absolute atomic E-state index is 0.150. The van der Waals surface area contributed by atoms with E-state index in [2.05, 4.69) is 10.3 Å². The second-order valence-corrected chi connectivity index (χ2v) is 5.37. The molecule has 2 aromatic carbocycles. The summed E-state index contributed by atoms with van der Waals surface area (Å²) in [5.74, 6) is -3.10. The second-order valence-electron chi connectivity index (χ2n) is 5.37. The average Bonchev–Trinajstić information content (AvgIpc) is 2.53. The van der Waals surface area contributed by atoms with Crippen LogP contribution < -0.4 is 10.7 Å². The highest BCUT2D eigenvalue weighted by molar-refractivity contribution is 6.05. The van der Waals surface area contributed by atoms with Gasteiger partial charge in [0.2, 0.25) is 5.43 Å². The van der Waals surface area contributed by atoms with Crippen LogP contribution in [0.25, 0.3) is 10.9 Å². The Kier molecular flexibility index (Phi) is 4.23. The number of rotatable bonds is 2. The lowest BCUT2D eigenvalue weighted by Gasteiger charge is -2.10. The molecule has 26 heavy (non-hydrogen) atoms. The molecule has 0 spiro atoms. The van der Waals surface area contributed by atoms with Crippen LogP contribution in [0.5, 0.6) is 0 Å². The third-order valence-electron chi connectivity index (χ3n) is 3.59. The maximum Gasteiger partial charge on any atom is 0.416 e. The van der Waals surface area contributed by atoms with Crippen LogP contribution in [0.15, 0.2) is 47.4 Å². The van der Waals surface area contributed by atoms with E-state index < -0.39 is 45.7 Å². The average molecular weight is 368 g/mol. The molecule has 0 aliphatic rings. The Morgan fingerprint density at radius 1 is 1.08 bits per heavy atom. The number of alkyl halides is 3. The van der Waals surface area contributed by atoms with Crippen LogP contribution in [-0.4, -0.2) is 10.9 Å². The SMILES string of the molecule is O=C(Nc1cccc(C(F)(F)F)c1)c1c[nH]c2cc(F)cc(F)c2c1=O. The molecule has 0 unspecified atom stereocenters. The van der Waals surface area contributed by atoms with Gasteiger partial charge < -0.3 is 10.3 Å². The number of H-pyrrole nitrogens is 1. The number of anilines is 1. The molecule has 0 atom stereocenters. The number of nitrogens with one attached hydrogen (secondary N) is 2. The zero-order valence-electron chi connectivity index (χ0n) is 12.7. The molecule has 1 amide bonds. The maximum atomic E-state index is 13.8. The predicted octanol–water partition coefficient (Wildman–Crippen LogP) is 4.08. The molecule has 0 aliphatic carbocycles. The van der Waals surface area contributed by atoms with Crippen LogP contribution in [0.4, 0.5) is 27.6 Å². The lowest BCUT2D eigenvalue weighted by Crippen LogP contribution is -2.22. The summed E-state index contributed by atoms with van der Waals surface area (Å²) >= 11 is 0. The zero-order chi connectivity index (χ0) is 19.1. The quantitative estimate of drug-likeness (QED) is 0.670. The Morgan fingerprint density at radius 2 is 1.81 bits per heavy atom. The van der Waals surface area contributed by atoms with Gasteiger partial charge in [-0.2, -0.15) is 13.2 Å². The van der Waals surface area contributed by atoms with E-state index >= 15 is 0 Å². The van der Waals surface area contributed by atoms with Gasteiger partial charge in [-0.05, 0) is 24.3 Å². The summed E-state index contributed by atoms with van der Waals surface area (Å²) in [5, 5.41) is 1.63. The van der Waals surface area contributed by atoms with Crippen molar-refractivity contribution in [1.82, 2.24) is 4.98 Å². The van der Waals surface area contributed by atoms with E-state index in [1.165, 1.54) is 6.07 Å². The lowest BCUT2D eigenvalue weighted by atomic mass is 10.1. The minimum Gasteiger partial charge on any atom is -0.360 e. The van der Waals surface area contributed by atoms with Gasteiger partial charge in [0.25, 0.3) is 5.91 Å². The monoisotopic (exact) mass is 368 g/mol. The fraction of sp³-hybridized carbons (Fsp3) is 0.0588. The molecule has 1 heterocycles. The van der Waals surface area contributed by atoms with Crippen LogP contribution in [0, 0.1) is 11.6 Å². The van der Waals surface area contributed by atoms with E-state index in [-0.39, 0.29) is 11.2 Å². The summed E-state index contributed by atoms with van der Waals surface area (Å²) in [6.45, 7) is 0. The van der Waals surface area contributed by atoms with E-state index in [1.54, 1.807) is 0 Å². The summed E-state index contributed by atoms with van der Waals surface area (Å²) in [6, 6.07) is 5.19. The Labute approximate surface area is 142 Å². The first-order chi connectivity index (χ1) is 12.2. The van der Waals surface area contributed by atoms with E-state index in [9.17, 15) is 31.5 Å². The van der Waals surface area contributed by atoms with Crippen LogP contribution in [-0.2, 0) is 6.18 Å². The minimum atomic E-state index is -4.60. The molecule has 0 saturated carbocycles. The summed E-state index contributed by atoms with van der Waals surface area (Å²) in [6.07, 6.45) is -3.67. The Morgan fingerprint density at radius 3 is 2.50 bits per heavy atom. The zero-order valence-corrected chi connectivity index (χ0v) is 12.7. The van der Waals surface area contributed by atoms with Gasteiger partial charge in [-0.3, -0.25) is 9.59 Å². The number of carbonyl (C=O) groups is 1. The molecule has 134 valence electrons. The Balaban J connectivity index is 1.99. The van der Waals surface area contributed by atoms with Gasteiger partial charge in [0.15, 0.2) is 0 Å². The predicted molar refractivity (Wildman–Crippen MR) is 83.9 cm³/mol. The molecule has 4 nitrogen and oxygen atoms in total. The van der Waals surface area contributed by atoms with Crippen molar-refractivity contribution < 1.29 is 26.7 Å². The normalized spacial score (nSPS) is 11.6. The molecule has 1 aromatic heterocycles. The molecule has 0 radical (unpaired) electrons. The second kappa shape index (κ2) is 6.25. The highest BCUT2D eigenvalue weighted by atomic mass is 19.4. The molecule has 0 saturated heterocycles. The molecule has 0 aliphatic heterocycles. The number of fused-ring (bicyclic) bond motifs is 1. The van der Waals surface area contributed by atoms with Gasteiger partial charge >= 0.3 is 6.18 Å². The van der Waals surface area contributed by atoms with Crippen molar-refractivity contribution in [3.8, 4) is 0 Å². The number of amides is 1. The van der Waals surface area contributed by atoms with E-state index in [0.717, 1.165) is 24.4 Å². The van der Waals surface area contributed by atoms with Crippen LogP contribution in [0.2, 0.25) is 0 Å². The number of aromatic nitrogens is 1. The van der Waals surface area contributed by atoms with E-state index in [4.69, 9.17) is 0 Å². The summed E-state index contributed by atoms with van der Waals surface area (Å²) in [5.41, 5.74) is -2.86. The molecule has 3 aromatic rings. The third-order valence-corrected chi connectivity index (χ3v) is 3.59. The number of pyridine rings is 1. The van der Waals surface area contributed by atoms with E-state index in [1.807, 2.05) is 0 Å². The van der Waals surface area contributed by atoms with Gasteiger partial charge in [-0.25, -0.2) is 8.78 Å². The molecule has 0 fully saturated rings. The van der Waals surface area contributed by atoms with Gasteiger partial charge in [0.05, 0.1) is 16.5 Å². The highest BCUT2D eigenvalue weighted by Crippen LogP contribution is 2.30. The van der Waals surface area contributed by atoms with Gasteiger partial charge in [0.1, 0.15) is 17.2 Å². The first-order valence-electron chi connectivity index (χ1n) is 7.16. The number of hydrogen-bond donors (Lipinski definition) is 2. The standard InChI is InChI=1S/C17H9F5N2O2/c18-9-5-12(19)14-13(6-9)23-7-11(15(14)25)16(26)24-10-3-1-2-8(4-10)17(20,21)22/h1-7H,(H,23,25)(H,24,26). The Bertz CT molecular complexity index is 1070. The molecule has 9 heteroatoms. The number of carbonyl (C=O) groups excluding carboxylic acids is 1. The highest BCUT2D eigenvalue weighted by Gasteiger charge is 2.30. The van der Waals surface area contributed by atoms with Crippen LogP contribution in [0.3, 0.4) is 0 Å². The van der Waals surface area contributed by atoms with Crippen LogP contribution >= 0.6 is 0 Å². The van der Waals surface area contributed by atoms with Crippen molar-refractivity contribution in [3.63, 3.8) is 0 Å². The summed E-state index contributed by atoms with van der Waals surface area (Å²) < 4.78 is 65.1. The van der Waals surface area contributed by atoms with Crippen molar-refractivity contribution >= 4 is 22.5 Å². The van der Waals surface area contributed by atoms with Crippen LogP contribution in [0.1, 0.15) is 15.9 Å². The third kappa shape index (κ3) is 3.28. The fourth-order valence-corrected chi connectivity index (χ4v) is 2.41. The molecule has 2 N–H and O–H groups in total. The molecular formula is C17H9F5N2O2. The van der Waals surface area contributed by atoms with Gasteiger partial charge in [0, 0.05) is 18.0 Å². The van der Waals surface area contributed by atoms with Crippen molar-refractivity contribution in [2.24, 2.45) is 0 Å². The van der Waals surface area contributed by atoms with Gasteiger partial charge in [-0.1, -0.05) is 6.07 Å². The largest absolute Gasteiger partial charge is 0.416 e. The molecule has 0 bridgehead atoms. The van der Waals surface area contributed by atoms with Crippen molar-refractivity contribution in [1.29, 1.82) is 0 Å². The smallest absolute Gasteiger partial charge is 0.360 e. The number of hydrogen-bond acceptors (Lipinski definition) is 2. The Hall–Kier alpha value is -3.23. The summed E-state index contributed by atoms with van der Waals surface area (Å²) in [7, 11) is 0. The fourth-order valence-electron chi connectivity index (χ4n) is 2.41. The van der Waals surface area contributed by atoms with Crippen molar-refractivity contribution in [3.05, 3.63) is 75.6 Å². The van der Waals surface area contributed by atoms with Crippen molar-refractivity contribution in [2.45, 2.75) is 6.18 Å². The maximum absolute atomic E-state index is 13.8. The van der Waals surface area contributed by atoms with Gasteiger partial charge in [-0.15, -0.1) is 0 Å². The lowest BCUT2D eigenvalue weighted by molar-refractivity contribution is -0.137. The summed E-state index contributed by atoms with van der Waals surface area (Å²) in [4.78, 5) is 26.9. The molecular weight excluding hydrogens is 359 g/mol. The first kappa shape index (κ1) is 17.6. The topological polar surface area (TPSA) is 62.0 Å². The molecule has 3 rings (SSSR count). The number of benzene rings is 2. The number of aromatic amines is 1. The van der Waals surface area contributed by atoms with Crippen molar-refractivity contribution in [2.75, 3.05) is 5.32 Å². The number of halogens is 5. The first-order valence-corrected chi connectivity index (χ1v) is 7.16. The van der Waals surface area contributed by atoms with E-state index in [0.29, 0.717) is 12.1 Å².